The molecule has 6 rings (SSSR count). The molecular formula is C58H91ClIN5O19. The molecule has 3 saturated heterocycles. The first-order valence-electron chi connectivity index (χ1n) is 29.0. The minimum absolute atomic E-state index is 0.0152. The van der Waals surface area contributed by atoms with E-state index in [1.165, 1.54) is 20.2 Å². The van der Waals surface area contributed by atoms with Gasteiger partial charge in [0.05, 0.1) is 90.4 Å². The van der Waals surface area contributed by atoms with Crippen molar-refractivity contribution in [1.82, 2.24) is 14.8 Å². The highest BCUT2D eigenvalue weighted by atomic mass is 127. The van der Waals surface area contributed by atoms with Gasteiger partial charge in [0.1, 0.15) is 29.5 Å². The van der Waals surface area contributed by atoms with Crippen molar-refractivity contribution < 1.29 is 87.0 Å². The van der Waals surface area contributed by atoms with E-state index in [-0.39, 0.29) is 81.6 Å². The number of amides is 1. The smallest absolute Gasteiger partial charge is 0.407 e. The third-order valence-electron chi connectivity index (χ3n) is 16.9. The molecule has 4 fully saturated rings. The Morgan fingerprint density at radius 1 is 0.905 bits per heavy atom. The summed E-state index contributed by atoms with van der Waals surface area (Å²) in [4.78, 5) is 60.3. The lowest BCUT2D eigenvalue weighted by atomic mass is 9.74. The number of alkyl halides is 1. The fraction of sp³-hybridized carbons (Fsp3) is 0.776. The van der Waals surface area contributed by atoms with E-state index in [9.17, 15) is 39.6 Å². The predicted molar refractivity (Wildman–Crippen MR) is 320 cm³/mol. The maximum Gasteiger partial charge on any atom is 0.407 e. The van der Waals surface area contributed by atoms with Gasteiger partial charge < -0.3 is 92.7 Å². The van der Waals surface area contributed by atoms with Gasteiger partial charge in [0.15, 0.2) is 22.8 Å². The Kier molecular flexibility index (Phi) is 24.9. The number of anilines is 1. The fourth-order valence-corrected chi connectivity index (χ4v) is 12.6. The number of hydrogen-bond acceptors (Lipinski definition) is 21. The zero-order chi connectivity index (χ0) is 62.2. The third-order valence-corrected chi connectivity index (χ3v) is 18.8. The molecule has 1 aromatic carbocycles. The van der Waals surface area contributed by atoms with Crippen molar-refractivity contribution in [3.63, 3.8) is 0 Å². The van der Waals surface area contributed by atoms with Crippen molar-refractivity contribution in [3.8, 4) is 0 Å². The average Bonchev–Trinajstić information content (AvgIpc) is 2.39. The molecule has 84 heavy (non-hydrogen) atoms. The van der Waals surface area contributed by atoms with Gasteiger partial charge in [-0.05, 0) is 123 Å². The van der Waals surface area contributed by atoms with E-state index in [0.29, 0.717) is 34.9 Å². The second kappa shape index (κ2) is 30.1. The Bertz CT molecular complexity index is 2630. The molecule has 0 spiro atoms. The number of aliphatic hydroxyl groups excluding tert-OH is 2. The number of alkyl carbamates (subject to hydrolysis) is 1. The number of fused-ring (bicyclic) bond motifs is 1. The number of carboxylic acid groups (broad SMARTS) is 1. The molecule has 1 saturated carbocycles. The topological polar surface area (TPSA) is 295 Å². The summed E-state index contributed by atoms with van der Waals surface area (Å²) in [5.74, 6) is -5.20. The number of aliphatic hydroxyl groups is 3. The lowest BCUT2D eigenvalue weighted by Gasteiger charge is -2.50. The molecular weight excluding hydrogens is 1230 g/mol. The number of carbonyl (C=O) groups is 3. The summed E-state index contributed by atoms with van der Waals surface area (Å²) in [5.41, 5.74) is -3.83. The standard InChI is InChI=1S/C58H91ClIN5O19/c1-15-78-63-44-30(2)27-56(8,74-13)49(82-53-46(67)42(64(11)12)24-31(3)79-53)33(5)47(34(6)52(71)84-54(60)58(10,73)48(68)32(44)4)81-43-28-57(9,75-14)50(35(7)80-43)83-55(72)62-19-21-77-23-22-76-20-18-61-40-25-37-41(26-39(40)59)65(36-16-17-36)29-38(45(37)66)51(69)70/h25-26,29-36,42-43,46-50,53-54,61,67-68,73H,15-24,27-28H2,1-14H3,(H,62,72)(H,69,70)/b63-44+/t30-,31-,32+,33+,34-,35+,42+,43?,46-,47+,48-,49-,50+,53?,54+,56-,57-,58+/m1/s1. The molecule has 4 aliphatic rings. The summed E-state index contributed by atoms with van der Waals surface area (Å²) in [7, 11) is 6.78. The number of aromatic carboxylic acids is 1. The van der Waals surface area contributed by atoms with E-state index in [0.717, 1.165) is 12.8 Å². The van der Waals surface area contributed by atoms with Crippen LogP contribution in [-0.4, -0.2) is 210 Å². The molecule has 1 amide bonds. The molecule has 1 aliphatic carbocycles. The number of esters is 1. The Morgan fingerprint density at radius 3 is 2.15 bits per heavy atom. The molecule has 1 aromatic heterocycles. The van der Waals surface area contributed by atoms with Crippen molar-refractivity contribution in [3.05, 3.63) is 39.1 Å². The largest absolute Gasteiger partial charge is 0.477 e. The number of nitrogens with zero attached hydrogens (tertiary/aromatic N) is 3. The average molecular weight is 1320 g/mol. The van der Waals surface area contributed by atoms with Crippen LogP contribution >= 0.6 is 34.2 Å². The molecule has 18 atom stereocenters. The predicted octanol–water partition coefficient (Wildman–Crippen LogP) is 6.13. The lowest BCUT2D eigenvalue weighted by molar-refractivity contribution is -0.318. The fourth-order valence-electron chi connectivity index (χ4n) is 11.8. The number of hydrogen-bond donors (Lipinski definition) is 6. The van der Waals surface area contributed by atoms with Crippen molar-refractivity contribution in [2.75, 3.05) is 79.8 Å². The zero-order valence-electron chi connectivity index (χ0n) is 51.0. The molecule has 6 N–H and O–H groups in total. The number of nitrogens with one attached hydrogen (secondary N) is 2. The summed E-state index contributed by atoms with van der Waals surface area (Å²) in [6, 6.07) is 3.05. The van der Waals surface area contributed by atoms with Crippen LogP contribution < -0.4 is 16.1 Å². The quantitative estimate of drug-likeness (QED) is 0.0254. The maximum absolute atomic E-state index is 14.6. The summed E-state index contributed by atoms with van der Waals surface area (Å²) < 4.78 is 63.4. The molecule has 0 radical (unpaired) electrons. The van der Waals surface area contributed by atoms with Crippen LogP contribution in [0.25, 0.3) is 10.9 Å². The molecule has 476 valence electrons. The number of carbonyl (C=O) groups excluding carboxylic acids is 2. The van der Waals surface area contributed by atoms with Gasteiger partial charge in [-0.3, -0.25) is 9.59 Å². The van der Waals surface area contributed by atoms with Crippen LogP contribution in [0.4, 0.5) is 10.5 Å². The van der Waals surface area contributed by atoms with E-state index in [1.54, 1.807) is 76.5 Å². The van der Waals surface area contributed by atoms with E-state index in [4.69, 9.17) is 63.8 Å². The van der Waals surface area contributed by atoms with Gasteiger partial charge in [-0.25, -0.2) is 9.59 Å². The van der Waals surface area contributed by atoms with Gasteiger partial charge in [-0.2, -0.15) is 0 Å². The highest BCUT2D eigenvalue weighted by Gasteiger charge is 2.55. The first kappa shape index (κ1) is 69.5. The van der Waals surface area contributed by atoms with Gasteiger partial charge in [0.2, 0.25) is 5.43 Å². The summed E-state index contributed by atoms with van der Waals surface area (Å²) in [6.45, 7) is 19.1. The number of oxime groups is 1. The number of pyridine rings is 1. The Labute approximate surface area is 511 Å². The van der Waals surface area contributed by atoms with E-state index < -0.39 is 117 Å². The van der Waals surface area contributed by atoms with E-state index >= 15 is 0 Å². The second-order valence-electron chi connectivity index (χ2n) is 23.7. The first-order valence-corrected chi connectivity index (χ1v) is 30.6. The molecule has 4 heterocycles. The van der Waals surface area contributed by atoms with Crippen LogP contribution in [0, 0.1) is 23.7 Å². The highest BCUT2D eigenvalue weighted by molar-refractivity contribution is 14.1. The summed E-state index contributed by atoms with van der Waals surface area (Å²) >= 11 is 8.39. The first-order chi connectivity index (χ1) is 39.5. The van der Waals surface area contributed by atoms with Gasteiger partial charge in [0.25, 0.3) is 0 Å². The number of methoxy groups -OCH3 is 2. The van der Waals surface area contributed by atoms with Crippen LogP contribution in [0.1, 0.15) is 118 Å². The van der Waals surface area contributed by atoms with E-state index in [1.807, 2.05) is 51.3 Å². The van der Waals surface area contributed by atoms with Gasteiger partial charge in [-0.1, -0.05) is 37.5 Å². The van der Waals surface area contributed by atoms with Crippen molar-refractivity contribution in [2.24, 2.45) is 28.8 Å². The molecule has 26 heteroatoms. The van der Waals surface area contributed by atoms with Crippen LogP contribution in [-0.2, 0) is 57.0 Å². The molecule has 2 aromatic rings. The Hall–Kier alpha value is -3.55. The van der Waals surface area contributed by atoms with Crippen LogP contribution in [0.5, 0.6) is 0 Å². The number of ether oxygens (including phenoxy) is 10. The third kappa shape index (κ3) is 16.6. The normalized spacial score (nSPS) is 36.0. The van der Waals surface area contributed by atoms with Crippen molar-refractivity contribution >= 4 is 74.5 Å². The minimum atomic E-state index is -1.98. The van der Waals surface area contributed by atoms with Crippen molar-refractivity contribution in [2.45, 2.75) is 190 Å². The zero-order valence-corrected chi connectivity index (χ0v) is 53.9. The number of halogens is 2. The molecule has 0 bridgehead atoms. The minimum Gasteiger partial charge on any atom is -0.477 e. The number of rotatable bonds is 22. The number of aromatic nitrogens is 1. The number of carboxylic acids is 1. The van der Waals surface area contributed by atoms with Crippen LogP contribution in [0.15, 0.2) is 28.3 Å². The molecule has 3 aliphatic heterocycles. The summed E-state index contributed by atoms with van der Waals surface area (Å²) in [6.07, 6.45) is -5.81. The second-order valence-corrected chi connectivity index (χ2v) is 25.2. The van der Waals surface area contributed by atoms with Crippen LogP contribution in [0.3, 0.4) is 0 Å². The van der Waals surface area contributed by atoms with Crippen LogP contribution in [0.2, 0.25) is 5.02 Å². The number of likely N-dealkylation sites (N-methyl/N-ethyl adjacent to an activating group) is 1. The van der Waals surface area contributed by atoms with Gasteiger partial charge in [0, 0.05) is 75.2 Å². The highest BCUT2D eigenvalue weighted by Crippen LogP contribution is 2.43. The Morgan fingerprint density at radius 2 is 1.55 bits per heavy atom. The monoisotopic (exact) mass is 1320 g/mol. The lowest BCUT2D eigenvalue weighted by Crippen LogP contribution is -2.61. The van der Waals surface area contributed by atoms with E-state index in [2.05, 4.69) is 15.8 Å². The SMILES string of the molecule is CCO/N=C1\[C@H](C)C[C@@](C)(OC)[C@H](OC2O[C@H](C)C[C@H](N(C)C)[C@H]2O)[C@@H](C)[C@H](OC2C[C@@](C)(OC)[C@@H](OC(=O)NCCOCCOCCNc3cc4c(=O)c(C(=O)O)cn(C5CC5)c4cc3Cl)[C@H](C)O2)[C@@H](C)C(=O)O[C@H](I)[C@@](C)(O)[C@H](O)[C@H]1C. The van der Waals surface area contributed by atoms with Gasteiger partial charge >= 0.3 is 18.0 Å². The Balaban J connectivity index is 1.11. The summed E-state index contributed by atoms with van der Waals surface area (Å²) in [5, 5.41) is 56.3. The van der Waals surface area contributed by atoms with Crippen molar-refractivity contribution in [1.29, 1.82) is 0 Å². The number of cyclic esters (lactones) is 1. The maximum atomic E-state index is 14.6. The molecule has 2 unspecified atom stereocenters. The van der Waals surface area contributed by atoms with Gasteiger partial charge in [-0.15, -0.1) is 0 Å². The molecule has 24 nitrogen and oxygen atoms in total. The number of benzene rings is 1.